The lowest BCUT2D eigenvalue weighted by Crippen LogP contribution is -2.33. The van der Waals surface area contributed by atoms with E-state index in [0.29, 0.717) is 18.8 Å². The van der Waals surface area contributed by atoms with Crippen LogP contribution >= 0.6 is 0 Å². The van der Waals surface area contributed by atoms with Crippen LogP contribution in [0.15, 0.2) is 36.5 Å². The lowest BCUT2D eigenvalue weighted by molar-refractivity contribution is -0.141. The minimum atomic E-state index is -4.60. The maximum Gasteiger partial charge on any atom is 0.433 e. The van der Waals surface area contributed by atoms with Crippen molar-refractivity contribution in [3.8, 4) is 0 Å². The molecule has 1 fully saturated rings. The van der Waals surface area contributed by atoms with Crippen molar-refractivity contribution in [1.82, 2.24) is 24.9 Å². The highest BCUT2D eigenvalue weighted by Crippen LogP contribution is 2.27. The summed E-state index contributed by atoms with van der Waals surface area (Å²) in [7, 11) is 0. The number of nitrogens with zero attached hydrogens (tertiary/aromatic N) is 4. The second-order valence-electron chi connectivity index (χ2n) is 6.13. The van der Waals surface area contributed by atoms with Crippen molar-refractivity contribution < 1.29 is 22.7 Å². The molecule has 0 bridgehead atoms. The topological polar surface area (TPSA) is 93.4 Å². The summed E-state index contributed by atoms with van der Waals surface area (Å²) >= 11 is 0. The Labute approximate surface area is 156 Å². The number of carbonyl (C=O) groups excluding carboxylic acids is 1. The van der Waals surface area contributed by atoms with E-state index in [4.69, 9.17) is 4.74 Å². The average Bonchev–Trinajstić information content (AvgIpc) is 3.12. The highest BCUT2D eigenvalue weighted by atomic mass is 19.4. The molecule has 3 heterocycles. The molecule has 1 aromatic carbocycles. The molecule has 0 saturated carbocycles. The van der Waals surface area contributed by atoms with Crippen molar-refractivity contribution in [1.29, 1.82) is 0 Å². The molecule has 11 heteroatoms. The number of rotatable bonds is 3. The zero-order valence-corrected chi connectivity index (χ0v) is 14.4. The number of nitrogens with one attached hydrogen (secondary N) is 2. The van der Waals surface area contributed by atoms with E-state index in [2.05, 4.69) is 25.7 Å². The predicted octanol–water partition coefficient (Wildman–Crippen LogP) is 2.06. The first-order valence-corrected chi connectivity index (χ1v) is 8.44. The number of amides is 1. The second kappa shape index (κ2) is 7.17. The Bertz CT molecular complexity index is 996. The van der Waals surface area contributed by atoms with Crippen molar-refractivity contribution in [2.75, 3.05) is 25.0 Å². The van der Waals surface area contributed by atoms with Gasteiger partial charge < -0.3 is 15.4 Å². The van der Waals surface area contributed by atoms with Crippen LogP contribution in [0.5, 0.6) is 0 Å². The van der Waals surface area contributed by atoms with Gasteiger partial charge in [0.1, 0.15) is 5.69 Å². The fourth-order valence-electron chi connectivity index (χ4n) is 2.78. The molecular formula is C17H15F3N6O2. The molecule has 0 aliphatic carbocycles. The van der Waals surface area contributed by atoms with E-state index < -0.39 is 17.8 Å². The molecule has 4 rings (SSSR count). The van der Waals surface area contributed by atoms with Gasteiger partial charge in [0.2, 0.25) is 5.82 Å². The van der Waals surface area contributed by atoms with Gasteiger partial charge in [0.05, 0.1) is 12.7 Å². The van der Waals surface area contributed by atoms with Crippen molar-refractivity contribution in [3.63, 3.8) is 0 Å². The van der Waals surface area contributed by atoms with E-state index >= 15 is 0 Å². The van der Waals surface area contributed by atoms with Gasteiger partial charge in [0.15, 0.2) is 0 Å². The lowest BCUT2D eigenvalue weighted by Gasteiger charge is -2.24. The number of benzene rings is 1. The van der Waals surface area contributed by atoms with E-state index in [9.17, 15) is 18.0 Å². The van der Waals surface area contributed by atoms with E-state index in [1.807, 2.05) is 12.1 Å². The average molecular weight is 392 g/mol. The zero-order chi connectivity index (χ0) is 19.7. The number of alkyl halides is 3. The first kappa shape index (κ1) is 18.3. The molecule has 3 aromatic rings. The Morgan fingerprint density at radius 2 is 2.00 bits per heavy atom. The largest absolute Gasteiger partial charge is 0.433 e. The van der Waals surface area contributed by atoms with Crippen LogP contribution in [0.4, 0.5) is 18.9 Å². The van der Waals surface area contributed by atoms with E-state index in [0.717, 1.165) is 28.9 Å². The standard InChI is InChI=1S/C17H15F3N6O2/c18-17(19,20)13-5-7-26-16(23-13)24-14(25-26)15(27)22-11-3-1-10(2-4-11)12-9-21-6-8-28-12/h1-5,7,12,21H,6,8-9H2,(H,22,27). The number of fused-ring (bicyclic) bond motifs is 1. The maximum atomic E-state index is 12.7. The van der Waals surface area contributed by atoms with Crippen LogP contribution in [0.25, 0.3) is 5.78 Å². The van der Waals surface area contributed by atoms with Crippen molar-refractivity contribution in [2.24, 2.45) is 0 Å². The molecule has 1 amide bonds. The summed E-state index contributed by atoms with van der Waals surface area (Å²) in [4.78, 5) is 19.5. The number of hydrogen-bond acceptors (Lipinski definition) is 6. The number of aromatic nitrogens is 4. The van der Waals surface area contributed by atoms with Crippen LogP contribution in [0, 0.1) is 0 Å². The number of hydrogen-bond donors (Lipinski definition) is 2. The summed E-state index contributed by atoms with van der Waals surface area (Å²) in [5.74, 6) is -1.24. The minimum Gasteiger partial charge on any atom is -0.371 e. The summed E-state index contributed by atoms with van der Waals surface area (Å²) in [5, 5.41) is 9.71. The summed E-state index contributed by atoms with van der Waals surface area (Å²) in [6.45, 7) is 2.16. The third-order valence-electron chi connectivity index (χ3n) is 4.17. The molecule has 1 unspecified atom stereocenters. The molecule has 0 radical (unpaired) electrons. The third kappa shape index (κ3) is 3.80. The summed E-state index contributed by atoms with van der Waals surface area (Å²) < 4.78 is 44.8. The van der Waals surface area contributed by atoms with Crippen LogP contribution in [-0.4, -0.2) is 45.2 Å². The van der Waals surface area contributed by atoms with E-state index in [1.54, 1.807) is 12.1 Å². The normalized spacial score (nSPS) is 17.6. The number of ether oxygens (including phenoxy) is 1. The van der Waals surface area contributed by atoms with E-state index in [-0.39, 0.29) is 17.7 Å². The number of carbonyl (C=O) groups is 1. The molecule has 8 nitrogen and oxygen atoms in total. The molecule has 1 aliphatic heterocycles. The number of morpholine rings is 1. The Kier molecular flexibility index (Phi) is 4.69. The van der Waals surface area contributed by atoms with Gasteiger partial charge >= 0.3 is 6.18 Å². The van der Waals surface area contributed by atoms with Gasteiger partial charge in [-0.15, -0.1) is 5.10 Å². The van der Waals surface area contributed by atoms with Gasteiger partial charge in [-0.2, -0.15) is 18.2 Å². The van der Waals surface area contributed by atoms with Gasteiger partial charge in [0, 0.05) is 25.0 Å². The van der Waals surface area contributed by atoms with Crippen LogP contribution in [0.3, 0.4) is 0 Å². The molecule has 1 aliphatic rings. The summed E-state index contributed by atoms with van der Waals surface area (Å²) in [6, 6.07) is 7.86. The fraction of sp³-hybridized carbons (Fsp3) is 0.294. The van der Waals surface area contributed by atoms with Gasteiger partial charge in [-0.3, -0.25) is 4.79 Å². The molecule has 146 valence electrons. The molecule has 2 N–H and O–H groups in total. The van der Waals surface area contributed by atoms with Gasteiger partial charge in [-0.1, -0.05) is 12.1 Å². The first-order chi connectivity index (χ1) is 13.4. The Balaban J connectivity index is 1.48. The molecule has 0 spiro atoms. The Morgan fingerprint density at radius 1 is 1.21 bits per heavy atom. The number of anilines is 1. The highest BCUT2D eigenvalue weighted by molar-refractivity contribution is 6.01. The van der Waals surface area contributed by atoms with Gasteiger partial charge in [0.25, 0.3) is 11.7 Å². The van der Waals surface area contributed by atoms with E-state index in [1.165, 1.54) is 0 Å². The summed E-state index contributed by atoms with van der Waals surface area (Å²) in [6.07, 6.45) is -3.59. The minimum absolute atomic E-state index is 0.0486. The Hall–Kier alpha value is -3.05. The lowest BCUT2D eigenvalue weighted by atomic mass is 10.1. The summed E-state index contributed by atoms with van der Waals surface area (Å²) in [5.41, 5.74) is 0.370. The third-order valence-corrected chi connectivity index (χ3v) is 4.17. The van der Waals surface area contributed by atoms with Crippen molar-refractivity contribution in [2.45, 2.75) is 12.3 Å². The van der Waals surface area contributed by atoms with Crippen molar-refractivity contribution >= 4 is 17.4 Å². The Morgan fingerprint density at radius 3 is 2.68 bits per heavy atom. The molecule has 1 saturated heterocycles. The quantitative estimate of drug-likeness (QED) is 0.709. The second-order valence-corrected chi connectivity index (χ2v) is 6.13. The van der Waals surface area contributed by atoms with Crippen molar-refractivity contribution in [3.05, 3.63) is 53.6 Å². The molecule has 28 heavy (non-hydrogen) atoms. The van der Waals surface area contributed by atoms with Gasteiger partial charge in [-0.05, 0) is 23.8 Å². The highest BCUT2D eigenvalue weighted by Gasteiger charge is 2.33. The maximum absolute atomic E-state index is 12.7. The van der Waals surface area contributed by atoms with Crippen LogP contribution in [-0.2, 0) is 10.9 Å². The molecule has 2 aromatic heterocycles. The van der Waals surface area contributed by atoms with Crippen LogP contribution in [0.2, 0.25) is 0 Å². The predicted molar refractivity (Wildman–Crippen MR) is 91.7 cm³/mol. The van der Waals surface area contributed by atoms with Crippen LogP contribution < -0.4 is 10.6 Å². The zero-order valence-electron chi connectivity index (χ0n) is 14.4. The molecule has 1 atom stereocenters. The smallest absolute Gasteiger partial charge is 0.371 e. The van der Waals surface area contributed by atoms with Gasteiger partial charge in [-0.25, -0.2) is 9.50 Å². The van der Waals surface area contributed by atoms with Crippen LogP contribution in [0.1, 0.15) is 28.0 Å². The molecular weight excluding hydrogens is 377 g/mol. The monoisotopic (exact) mass is 392 g/mol. The fourth-order valence-corrected chi connectivity index (χ4v) is 2.78. The first-order valence-electron chi connectivity index (χ1n) is 8.44. The SMILES string of the molecule is O=C(Nc1ccc(C2CNCCO2)cc1)c1nc2nc(C(F)(F)F)ccn2n1. The number of halogens is 3.